The fourth-order valence-electron chi connectivity index (χ4n) is 2.24. The van der Waals surface area contributed by atoms with Crippen molar-refractivity contribution in [2.45, 2.75) is 26.3 Å². The van der Waals surface area contributed by atoms with Gasteiger partial charge in [0.2, 0.25) is 11.8 Å². The number of benzene rings is 1. The molecule has 0 aliphatic carbocycles. The van der Waals surface area contributed by atoms with Crippen molar-refractivity contribution in [3.05, 3.63) is 40.9 Å². The highest BCUT2D eigenvalue weighted by molar-refractivity contribution is 6.30. The van der Waals surface area contributed by atoms with Gasteiger partial charge in [0.05, 0.1) is 16.9 Å². The van der Waals surface area contributed by atoms with Gasteiger partial charge in [-0.1, -0.05) is 25.4 Å². The quantitative estimate of drug-likeness (QED) is 0.645. The van der Waals surface area contributed by atoms with Crippen LogP contribution in [0.4, 0.5) is 4.39 Å². The van der Waals surface area contributed by atoms with Gasteiger partial charge in [-0.2, -0.15) is 9.90 Å². The summed E-state index contributed by atoms with van der Waals surface area (Å²) in [5.41, 5.74) is 4.82. The van der Waals surface area contributed by atoms with Gasteiger partial charge < -0.3 is 11.1 Å². The summed E-state index contributed by atoms with van der Waals surface area (Å²) in [4.78, 5) is 36.8. The number of carbonyl (C=O) groups excluding carboxylic acids is 3. The number of carbonyl (C=O) groups is 3. The van der Waals surface area contributed by atoms with Crippen molar-refractivity contribution in [1.82, 2.24) is 25.6 Å². The Bertz CT molecular complexity index is 916. The maximum atomic E-state index is 13.6. The standard InChI is InChI=1S/C17H20ClFN6O3/c1-9(2)17(20,16(28)23-10(3)26)8-21-15(27)14-7-22-25(24-14)11-4-5-12(18)13(19)6-11/h4-7,9H,8,20H2,1-3H3,(H,21,27)(H,23,26,28). The van der Waals surface area contributed by atoms with Crippen LogP contribution in [-0.2, 0) is 9.59 Å². The smallest absolute Gasteiger partial charge is 0.273 e. The van der Waals surface area contributed by atoms with E-state index in [2.05, 4.69) is 20.8 Å². The van der Waals surface area contributed by atoms with Gasteiger partial charge in [0.25, 0.3) is 5.91 Å². The van der Waals surface area contributed by atoms with Crippen LogP contribution in [0.5, 0.6) is 0 Å². The minimum Gasteiger partial charge on any atom is -0.348 e. The normalized spacial score (nSPS) is 13.1. The first-order chi connectivity index (χ1) is 13.0. The summed E-state index contributed by atoms with van der Waals surface area (Å²) in [7, 11) is 0. The molecule has 0 aliphatic heterocycles. The summed E-state index contributed by atoms with van der Waals surface area (Å²) in [6, 6.07) is 3.96. The topological polar surface area (TPSA) is 132 Å². The number of rotatable bonds is 6. The first-order valence-corrected chi connectivity index (χ1v) is 8.69. The first-order valence-electron chi connectivity index (χ1n) is 8.31. The lowest BCUT2D eigenvalue weighted by Crippen LogP contribution is -2.64. The minimum atomic E-state index is -1.50. The average Bonchev–Trinajstić information content (AvgIpc) is 3.11. The molecule has 1 atom stereocenters. The molecule has 28 heavy (non-hydrogen) atoms. The van der Waals surface area contributed by atoms with Crippen LogP contribution in [0, 0.1) is 11.7 Å². The van der Waals surface area contributed by atoms with Gasteiger partial charge in [0.1, 0.15) is 11.4 Å². The summed E-state index contributed by atoms with van der Waals surface area (Å²) in [6.07, 6.45) is 1.19. The molecule has 1 aromatic heterocycles. The van der Waals surface area contributed by atoms with Crippen molar-refractivity contribution in [2.75, 3.05) is 6.54 Å². The van der Waals surface area contributed by atoms with Crippen molar-refractivity contribution in [2.24, 2.45) is 11.7 Å². The monoisotopic (exact) mass is 410 g/mol. The molecule has 0 aliphatic rings. The SMILES string of the molecule is CC(=O)NC(=O)C(N)(CNC(=O)c1cnn(-c2ccc(Cl)c(F)c2)n1)C(C)C. The molecule has 0 saturated carbocycles. The van der Waals surface area contributed by atoms with E-state index in [1.165, 1.54) is 25.3 Å². The number of aromatic nitrogens is 3. The third-order valence-corrected chi connectivity index (χ3v) is 4.45. The molecule has 1 aromatic carbocycles. The van der Waals surface area contributed by atoms with Crippen molar-refractivity contribution >= 4 is 29.3 Å². The third-order valence-electron chi connectivity index (χ3n) is 4.14. The fourth-order valence-corrected chi connectivity index (χ4v) is 2.36. The predicted octanol–water partition coefficient (Wildman–Crippen LogP) is 0.806. The van der Waals surface area contributed by atoms with E-state index in [9.17, 15) is 18.8 Å². The molecule has 2 rings (SSSR count). The average molecular weight is 411 g/mol. The third kappa shape index (κ3) is 4.70. The van der Waals surface area contributed by atoms with Crippen LogP contribution in [0.15, 0.2) is 24.4 Å². The molecule has 4 N–H and O–H groups in total. The highest BCUT2D eigenvalue weighted by atomic mass is 35.5. The summed E-state index contributed by atoms with van der Waals surface area (Å²) >= 11 is 5.64. The Morgan fingerprint density at radius 1 is 1.36 bits per heavy atom. The number of nitrogens with one attached hydrogen (secondary N) is 2. The van der Waals surface area contributed by atoms with E-state index in [1.807, 2.05) is 0 Å². The molecular weight excluding hydrogens is 391 g/mol. The van der Waals surface area contributed by atoms with Crippen LogP contribution in [0.1, 0.15) is 31.3 Å². The lowest BCUT2D eigenvalue weighted by atomic mass is 9.86. The Kier molecular flexibility index (Phi) is 6.47. The van der Waals surface area contributed by atoms with Crippen LogP contribution in [-0.4, -0.2) is 44.8 Å². The number of imide groups is 1. The van der Waals surface area contributed by atoms with E-state index >= 15 is 0 Å². The second kappa shape index (κ2) is 8.44. The van der Waals surface area contributed by atoms with Gasteiger partial charge in [-0.05, 0) is 18.1 Å². The van der Waals surface area contributed by atoms with Gasteiger partial charge in [0, 0.05) is 19.5 Å². The summed E-state index contributed by atoms with van der Waals surface area (Å²) in [6.45, 7) is 4.34. The minimum absolute atomic E-state index is 0.0503. The highest BCUT2D eigenvalue weighted by Crippen LogP contribution is 2.17. The molecule has 0 saturated heterocycles. The Hall–Kier alpha value is -2.85. The second-order valence-electron chi connectivity index (χ2n) is 6.51. The predicted molar refractivity (Wildman–Crippen MR) is 99.2 cm³/mol. The van der Waals surface area contributed by atoms with Crippen LogP contribution < -0.4 is 16.4 Å². The Labute approximate surface area is 165 Å². The number of hydrogen-bond acceptors (Lipinski definition) is 6. The molecule has 150 valence electrons. The maximum Gasteiger partial charge on any atom is 0.273 e. The number of halogens is 2. The first kappa shape index (κ1) is 21.5. The largest absolute Gasteiger partial charge is 0.348 e. The van der Waals surface area contributed by atoms with Crippen LogP contribution in [0.3, 0.4) is 0 Å². The molecule has 11 heteroatoms. The zero-order valence-electron chi connectivity index (χ0n) is 15.5. The zero-order chi connectivity index (χ0) is 21.1. The molecule has 1 unspecified atom stereocenters. The van der Waals surface area contributed by atoms with Crippen LogP contribution in [0.2, 0.25) is 5.02 Å². The summed E-state index contributed by atoms with van der Waals surface area (Å²) in [5, 5.41) is 12.5. The number of nitrogens with two attached hydrogens (primary N) is 1. The van der Waals surface area contributed by atoms with Gasteiger partial charge in [-0.25, -0.2) is 4.39 Å². The molecule has 0 spiro atoms. The fraction of sp³-hybridized carbons (Fsp3) is 0.353. The van der Waals surface area contributed by atoms with Gasteiger partial charge in [-0.3, -0.25) is 19.7 Å². The highest BCUT2D eigenvalue weighted by Gasteiger charge is 2.38. The number of nitrogens with zero attached hydrogens (tertiary/aromatic N) is 3. The van der Waals surface area contributed by atoms with E-state index in [4.69, 9.17) is 17.3 Å². The van der Waals surface area contributed by atoms with Crippen LogP contribution in [0.25, 0.3) is 5.69 Å². The zero-order valence-corrected chi connectivity index (χ0v) is 16.2. The van der Waals surface area contributed by atoms with E-state index in [0.29, 0.717) is 0 Å². The number of hydrogen-bond donors (Lipinski definition) is 3. The molecule has 2 aromatic rings. The Balaban J connectivity index is 2.12. The van der Waals surface area contributed by atoms with Crippen molar-refractivity contribution in [1.29, 1.82) is 0 Å². The van der Waals surface area contributed by atoms with Crippen molar-refractivity contribution < 1.29 is 18.8 Å². The Morgan fingerprint density at radius 2 is 2.04 bits per heavy atom. The van der Waals surface area contributed by atoms with Crippen LogP contribution >= 0.6 is 11.6 Å². The maximum absolute atomic E-state index is 13.6. The molecule has 0 bridgehead atoms. The number of amides is 3. The molecule has 1 heterocycles. The summed E-state index contributed by atoms with van der Waals surface area (Å²) in [5.74, 6) is -2.91. The molecular formula is C17H20ClFN6O3. The van der Waals surface area contributed by atoms with Gasteiger partial charge in [0.15, 0.2) is 5.69 Å². The molecule has 3 amide bonds. The second-order valence-corrected chi connectivity index (χ2v) is 6.91. The van der Waals surface area contributed by atoms with E-state index in [-0.39, 0.29) is 28.9 Å². The Morgan fingerprint density at radius 3 is 2.61 bits per heavy atom. The summed E-state index contributed by atoms with van der Waals surface area (Å²) < 4.78 is 13.6. The van der Waals surface area contributed by atoms with E-state index < -0.39 is 29.1 Å². The van der Waals surface area contributed by atoms with Crippen molar-refractivity contribution in [3.63, 3.8) is 0 Å². The lowest BCUT2D eigenvalue weighted by Gasteiger charge is -2.31. The van der Waals surface area contributed by atoms with Gasteiger partial charge >= 0.3 is 0 Å². The molecule has 0 radical (unpaired) electrons. The lowest BCUT2D eigenvalue weighted by molar-refractivity contribution is -0.133. The van der Waals surface area contributed by atoms with Crippen molar-refractivity contribution in [3.8, 4) is 5.69 Å². The van der Waals surface area contributed by atoms with E-state index in [0.717, 1.165) is 10.9 Å². The van der Waals surface area contributed by atoms with E-state index in [1.54, 1.807) is 13.8 Å². The molecule has 0 fully saturated rings. The van der Waals surface area contributed by atoms with Gasteiger partial charge in [-0.15, -0.1) is 5.10 Å². The molecule has 9 nitrogen and oxygen atoms in total.